The third-order valence-electron chi connectivity index (χ3n) is 3.62. The third kappa shape index (κ3) is 2.84. The van der Waals surface area contributed by atoms with Crippen molar-refractivity contribution in [3.63, 3.8) is 0 Å². The highest BCUT2D eigenvalue weighted by atomic mass is 32.1. The Labute approximate surface area is 116 Å². The van der Waals surface area contributed by atoms with Crippen LogP contribution in [0.2, 0.25) is 0 Å². The Morgan fingerprint density at radius 2 is 2.11 bits per heavy atom. The average Bonchev–Trinajstić information content (AvgIpc) is 2.89. The van der Waals surface area contributed by atoms with E-state index in [0.717, 1.165) is 19.5 Å². The van der Waals surface area contributed by atoms with Crippen LogP contribution >= 0.6 is 11.3 Å². The second-order valence-corrected chi connectivity index (χ2v) is 5.69. The van der Waals surface area contributed by atoms with E-state index in [1.807, 2.05) is 29.4 Å². The van der Waals surface area contributed by atoms with Crippen molar-refractivity contribution in [3.8, 4) is 0 Å². The summed E-state index contributed by atoms with van der Waals surface area (Å²) >= 11 is 1.69. The summed E-state index contributed by atoms with van der Waals surface area (Å²) in [5, 5.41) is 4.17. The first-order chi connectivity index (χ1) is 9.33. The van der Waals surface area contributed by atoms with E-state index >= 15 is 0 Å². The molecule has 1 amide bonds. The minimum absolute atomic E-state index is 0.275. The number of pyridine rings is 1. The second-order valence-electron chi connectivity index (χ2n) is 4.91. The van der Waals surface area contributed by atoms with E-state index in [1.54, 1.807) is 11.3 Å². The molecule has 1 aliphatic rings. The number of rotatable bonds is 4. The van der Waals surface area contributed by atoms with Crippen molar-refractivity contribution in [2.24, 2.45) is 0 Å². The highest BCUT2D eigenvalue weighted by Gasteiger charge is 2.31. The molecule has 4 heteroatoms. The van der Waals surface area contributed by atoms with E-state index in [4.69, 9.17) is 0 Å². The molecule has 3 rings (SSSR count). The van der Waals surface area contributed by atoms with E-state index < -0.39 is 0 Å². The number of hydrogen-bond donors (Lipinski definition) is 0. The molecule has 0 N–H and O–H groups in total. The predicted molar refractivity (Wildman–Crippen MR) is 76.2 cm³/mol. The molecule has 2 aromatic heterocycles. The lowest BCUT2D eigenvalue weighted by molar-refractivity contribution is -0.135. The van der Waals surface area contributed by atoms with Crippen molar-refractivity contribution < 1.29 is 4.79 Å². The molecule has 1 aliphatic heterocycles. The Kier molecular flexibility index (Phi) is 3.60. The van der Waals surface area contributed by atoms with Gasteiger partial charge in [-0.1, -0.05) is 0 Å². The monoisotopic (exact) mass is 272 g/mol. The SMILES string of the molecule is O=C(CCc1ccsc1)N1CC(c2ccncc2)C1. The number of hydrogen-bond acceptors (Lipinski definition) is 3. The maximum atomic E-state index is 12.0. The number of carbonyl (C=O) groups is 1. The number of aryl methyl sites for hydroxylation is 1. The van der Waals surface area contributed by atoms with E-state index in [0.29, 0.717) is 12.3 Å². The zero-order chi connectivity index (χ0) is 13.1. The van der Waals surface area contributed by atoms with Crippen LogP contribution in [0.3, 0.4) is 0 Å². The quantitative estimate of drug-likeness (QED) is 0.857. The van der Waals surface area contributed by atoms with Crippen LogP contribution in [-0.4, -0.2) is 28.9 Å². The van der Waals surface area contributed by atoms with Crippen LogP contribution < -0.4 is 0 Å². The van der Waals surface area contributed by atoms with Crippen LogP contribution in [-0.2, 0) is 11.2 Å². The second kappa shape index (κ2) is 5.53. The Morgan fingerprint density at radius 1 is 1.32 bits per heavy atom. The molecule has 0 saturated carbocycles. The molecule has 2 aromatic rings. The molecule has 0 aromatic carbocycles. The molecule has 0 bridgehead atoms. The molecule has 1 saturated heterocycles. The molecule has 3 nitrogen and oxygen atoms in total. The van der Waals surface area contributed by atoms with Crippen LogP contribution in [0.1, 0.15) is 23.5 Å². The molecule has 0 aliphatic carbocycles. The van der Waals surface area contributed by atoms with Gasteiger partial charge in [0, 0.05) is 37.8 Å². The van der Waals surface area contributed by atoms with E-state index in [-0.39, 0.29) is 5.91 Å². The van der Waals surface area contributed by atoms with Gasteiger partial charge in [-0.2, -0.15) is 11.3 Å². The fourth-order valence-electron chi connectivity index (χ4n) is 2.37. The summed E-state index contributed by atoms with van der Waals surface area (Å²) in [6, 6.07) is 6.17. The maximum Gasteiger partial charge on any atom is 0.222 e. The summed E-state index contributed by atoms with van der Waals surface area (Å²) < 4.78 is 0. The van der Waals surface area contributed by atoms with Gasteiger partial charge in [0.2, 0.25) is 5.91 Å². The third-order valence-corrected chi connectivity index (χ3v) is 4.35. The molecular weight excluding hydrogens is 256 g/mol. The summed E-state index contributed by atoms with van der Waals surface area (Å²) in [6.07, 6.45) is 5.12. The van der Waals surface area contributed by atoms with Gasteiger partial charge in [0.15, 0.2) is 0 Å². The van der Waals surface area contributed by atoms with Crippen LogP contribution in [0.15, 0.2) is 41.4 Å². The molecule has 0 unspecified atom stereocenters. The summed E-state index contributed by atoms with van der Waals surface area (Å²) in [7, 11) is 0. The van der Waals surface area contributed by atoms with Gasteiger partial charge in [-0.25, -0.2) is 0 Å². The number of nitrogens with zero attached hydrogens (tertiary/aromatic N) is 2. The van der Waals surface area contributed by atoms with Crippen molar-refractivity contribution in [3.05, 3.63) is 52.5 Å². The van der Waals surface area contributed by atoms with E-state index in [9.17, 15) is 4.79 Å². The normalized spacial score (nSPS) is 15.3. The number of carbonyl (C=O) groups excluding carboxylic acids is 1. The van der Waals surface area contributed by atoms with Gasteiger partial charge in [0.1, 0.15) is 0 Å². The highest BCUT2D eigenvalue weighted by molar-refractivity contribution is 7.07. The topological polar surface area (TPSA) is 33.2 Å². The molecule has 0 radical (unpaired) electrons. The first kappa shape index (κ1) is 12.4. The first-order valence-electron chi connectivity index (χ1n) is 6.51. The zero-order valence-corrected chi connectivity index (χ0v) is 11.5. The number of thiophene rings is 1. The van der Waals surface area contributed by atoms with E-state index in [2.05, 4.69) is 21.8 Å². The maximum absolute atomic E-state index is 12.0. The van der Waals surface area contributed by atoms with Gasteiger partial charge in [-0.15, -0.1) is 0 Å². The highest BCUT2D eigenvalue weighted by Crippen LogP contribution is 2.27. The molecule has 0 atom stereocenters. The Hall–Kier alpha value is -1.68. The number of aromatic nitrogens is 1. The lowest BCUT2D eigenvalue weighted by Crippen LogP contribution is -2.48. The minimum atomic E-state index is 0.275. The fourth-order valence-corrected chi connectivity index (χ4v) is 3.08. The van der Waals surface area contributed by atoms with Crippen LogP contribution in [0.25, 0.3) is 0 Å². The molecule has 3 heterocycles. The van der Waals surface area contributed by atoms with E-state index in [1.165, 1.54) is 11.1 Å². The van der Waals surface area contributed by atoms with Gasteiger partial charge in [0.25, 0.3) is 0 Å². The lowest BCUT2D eigenvalue weighted by Gasteiger charge is -2.39. The van der Waals surface area contributed by atoms with Crippen molar-refractivity contribution >= 4 is 17.2 Å². The predicted octanol–water partition coefficient (Wildman–Crippen LogP) is 2.70. The Morgan fingerprint density at radius 3 is 2.79 bits per heavy atom. The minimum Gasteiger partial charge on any atom is -0.341 e. The largest absolute Gasteiger partial charge is 0.341 e. The summed E-state index contributed by atoms with van der Waals surface area (Å²) in [6.45, 7) is 1.71. The molecule has 0 spiro atoms. The van der Waals surface area contributed by atoms with Gasteiger partial charge >= 0.3 is 0 Å². The lowest BCUT2D eigenvalue weighted by atomic mass is 9.92. The van der Waals surface area contributed by atoms with Crippen molar-refractivity contribution in [1.29, 1.82) is 0 Å². The number of amides is 1. The van der Waals surface area contributed by atoms with Crippen LogP contribution in [0.4, 0.5) is 0 Å². The van der Waals surface area contributed by atoms with Gasteiger partial charge in [-0.05, 0) is 46.5 Å². The van der Waals surface area contributed by atoms with Gasteiger partial charge < -0.3 is 4.90 Å². The molecule has 1 fully saturated rings. The van der Waals surface area contributed by atoms with Crippen LogP contribution in [0, 0.1) is 0 Å². The number of likely N-dealkylation sites (tertiary alicyclic amines) is 1. The molecule has 19 heavy (non-hydrogen) atoms. The average molecular weight is 272 g/mol. The van der Waals surface area contributed by atoms with Gasteiger partial charge in [0.05, 0.1) is 0 Å². The first-order valence-corrected chi connectivity index (χ1v) is 7.46. The van der Waals surface area contributed by atoms with Crippen LogP contribution in [0.5, 0.6) is 0 Å². The fraction of sp³-hybridized carbons (Fsp3) is 0.333. The summed E-state index contributed by atoms with van der Waals surface area (Å²) in [5.41, 5.74) is 2.56. The smallest absolute Gasteiger partial charge is 0.222 e. The van der Waals surface area contributed by atoms with Crippen molar-refractivity contribution in [2.45, 2.75) is 18.8 Å². The Bertz CT molecular complexity index is 533. The van der Waals surface area contributed by atoms with Crippen molar-refractivity contribution in [2.75, 3.05) is 13.1 Å². The van der Waals surface area contributed by atoms with Crippen molar-refractivity contribution in [1.82, 2.24) is 9.88 Å². The summed E-state index contributed by atoms with van der Waals surface area (Å²) in [4.78, 5) is 18.0. The molecular formula is C15H16N2OS. The zero-order valence-electron chi connectivity index (χ0n) is 10.7. The van der Waals surface area contributed by atoms with Gasteiger partial charge in [-0.3, -0.25) is 9.78 Å². The molecule has 98 valence electrons. The Balaban J connectivity index is 1.47. The standard InChI is InChI=1S/C15H16N2OS/c18-15(2-1-12-5-8-19-11-12)17-9-14(10-17)13-3-6-16-7-4-13/h3-8,11,14H,1-2,9-10H2. The summed E-state index contributed by atoms with van der Waals surface area (Å²) in [5.74, 6) is 0.768.